The van der Waals surface area contributed by atoms with E-state index >= 15 is 0 Å². The number of sulfonamides is 1. The van der Waals surface area contributed by atoms with Gasteiger partial charge in [0.05, 0.1) is 40.7 Å². The quantitative estimate of drug-likeness (QED) is 0.389. The molecule has 0 bridgehead atoms. The Kier molecular flexibility index (Phi) is 6.90. The van der Waals surface area contributed by atoms with Crippen LogP contribution in [-0.4, -0.2) is 53.2 Å². The van der Waals surface area contributed by atoms with E-state index in [9.17, 15) is 18.3 Å². The second kappa shape index (κ2) is 9.89. The average molecular weight is 493 g/mol. The molecule has 1 aromatic heterocycles. The fraction of sp³-hybridized carbons (Fsp3) is 0.231. The molecule has 0 unspecified atom stereocenters. The van der Waals surface area contributed by atoms with Crippen molar-refractivity contribution in [2.24, 2.45) is 7.05 Å². The molecule has 0 aliphatic carbocycles. The maximum absolute atomic E-state index is 13.6. The Hall–Kier alpha value is -3.69. The van der Waals surface area contributed by atoms with Crippen LogP contribution < -0.4 is 4.72 Å². The van der Waals surface area contributed by atoms with E-state index in [-0.39, 0.29) is 29.5 Å². The minimum Gasteiger partial charge on any atom is -0.387 e. The van der Waals surface area contributed by atoms with Gasteiger partial charge in [0.1, 0.15) is 5.82 Å². The summed E-state index contributed by atoms with van der Waals surface area (Å²) in [5.74, 6) is 0.192. The van der Waals surface area contributed by atoms with E-state index in [0.717, 1.165) is 5.56 Å². The van der Waals surface area contributed by atoms with Crippen molar-refractivity contribution in [3.05, 3.63) is 83.9 Å². The van der Waals surface area contributed by atoms with Gasteiger partial charge in [0.2, 0.25) is 10.0 Å². The Morgan fingerprint density at radius 2 is 1.71 bits per heavy atom. The van der Waals surface area contributed by atoms with Gasteiger partial charge in [-0.3, -0.25) is 9.52 Å². The minimum atomic E-state index is -3.56. The maximum Gasteiger partial charge on any atom is 0.255 e. The molecule has 2 N–H and O–H groups in total. The number of benzene rings is 3. The first-order chi connectivity index (χ1) is 16.7. The first kappa shape index (κ1) is 24.4. The topological polar surface area (TPSA) is 105 Å². The van der Waals surface area contributed by atoms with Crippen molar-refractivity contribution >= 4 is 32.7 Å². The highest BCUT2D eigenvalue weighted by Crippen LogP contribution is 2.30. The zero-order valence-corrected chi connectivity index (χ0v) is 20.7. The van der Waals surface area contributed by atoms with Crippen LogP contribution in [0.5, 0.6) is 0 Å². The summed E-state index contributed by atoms with van der Waals surface area (Å²) >= 11 is 0. The van der Waals surface area contributed by atoms with E-state index in [1.807, 2.05) is 60.1 Å². The van der Waals surface area contributed by atoms with Crippen LogP contribution in [-0.2, 0) is 17.1 Å². The molecule has 1 atom stereocenters. The molecule has 35 heavy (non-hydrogen) atoms. The van der Waals surface area contributed by atoms with Crippen LogP contribution in [0.3, 0.4) is 0 Å². The van der Waals surface area contributed by atoms with Crippen LogP contribution >= 0.6 is 0 Å². The number of hydrogen-bond acceptors (Lipinski definition) is 5. The summed E-state index contributed by atoms with van der Waals surface area (Å²) in [5.41, 5.74) is 3.19. The van der Waals surface area contributed by atoms with Gasteiger partial charge in [0.25, 0.3) is 5.91 Å². The molecule has 0 aliphatic heterocycles. The third kappa shape index (κ3) is 5.21. The number of hydrogen-bond donors (Lipinski definition) is 2. The molecule has 0 saturated carbocycles. The monoisotopic (exact) mass is 492 g/mol. The Balaban J connectivity index is 1.79. The van der Waals surface area contributed by atoms with Crippen molar-refractivity contribution in [2.45, 2.75) is 13.0 Å². The standard InChI is InChI=1S/C26H28N4O4S/c1-4-35(33,34)28-20-15-21(26(32)29(2)17-23(31)18-11-7-5-8-12-18)24-22(16-20)27-25(30(24)3)19-13-9-6-10-14-19/h5-16,23,28,31H,4,17H2,1-3H3/t23-/m0/s1. The van der Waals surface area contributed by atoms with Gasteiger partial charge in [-0.1, -0.05) is 60.7 Å². The molecule has 3 aromatic carbocycles. The third-order valence-corrected chi connectivity index (χ3v) is 7.17. The number of rotatable bonds is 8. The first-order valence-electron chi connectivity index (χ1n) is 11.2. The summed E-state index contributed by atoms with van der Waals surface area (Å²) in [5, 5.41) is 10.6. The number of imidazole rings is 1. The molecular weight excluding hydrogens is 464 g/mol. The van der Waals surface area contributed by atoms with Crippen molar-refractivity contribution in [1.29, 1.82) is 0 Å². The van der Waals surface area contributed by atoms with Gasteiger partial charge < -0.3 is 14.6 Å². The van der Waals surface area contributed by atoms with Gasteiger partial charge in [-0.2, -0.15) is 0 Å². The molecule has 0 fully saturated rings. The van der Waals surface area contributed by atoms with Crippen molar-refractivity contribution in [3.8, 4) is 11.4 Å². The Bertz CT molecular complexity index is 1450. The number of aliphatic hydroxyl groups excluding tert-OH is 1. The van der Waals surface area contributed by atoms with Crippen molar-refractivity contribution < 1.29 is 18.3 Å². The predicted molar refractivity (Wildman–Crippen MR) is 138 cm³/mol. The highest BCUT2D eigenvalue weighted by Gasteiger charge is 2.24. The van der Waals surface area contributed by atoms with Crippen LogP contribution in [0.25, 0.3) is 22.4 Å². The summed E-state index contributed by atoms with van der Waals surface area (Å²) in [7, 11) is -0.133. The number of anilines is 1. The number of carbonyl (C=O) groups excluding carboxylic acids is 1. The average Bonchev–Trinajstić information content (AvgIpc) is 3.20. The van der Waals surface area contributed by atoms with Crippen molar-refractivity contribution in [3.63, 3.8) is 0 Å². The van der Waals surface area contributed by atoms with Gasteiger partial charge in [-0.15, -0.1) is 0 Å². The van der Waals surface area contributed by atoms with E-state index < -0.39 is 16.1 Å². The van der Waals surface area contributed by atoms with E-state index in [0.29, 0.717) is 22.4 Å². The summed E-state index contributed by atoms with van der Waals surface area (Å²) in [6.45, 7) is 1.61. The molecule has 8 nitrogen and oxygen atoms in total. The Morgan fingerprint density at radius 1 is 1.09 bits per heavy atom. The van der Waals surface area contributed by atoms with Crippen LogP contribution in [0.1, 0.15) is 28.9 Å². The lowest BCUT2D eigenvalue weighted by Crippen LogP contribution is -2.31. The van der Waals surface area contributed by atoms with Crippen LogP contribution in [0.2, 0.25) is 0 Å². The van der Waals surface area contributed by atoms with Gasteiger partial charge in [-0.05, 0) is 24.6 Å². The van der Waals surface area contributed by atoms with Crippen LogP contribution in [0, 0.1) is 0 Å². The number of nitrogens with zero attached hydrogens (tertiary/aromatic N) is 3. The number of nitrogens with one attached hydrogen (secondary N) is 1. The summed E-state index contributed by atoms with van der Waals surface area (Å²) < 4.78 is 28.9. The van der Waals surface area contributed by atoms with Gasteiger partial charge in [-0.25, -0.2) is 13.4 Å². The molecule has 1 heterocycles. The molecule has 1 amide bonds. The van der Waals surface area contributed by atoms with Gasteiger partial charge in [0.15, 0.2) is 0 Å². The summed E-state index contributed by atoms with van der Waals surface area (Å²) in [6.07, 6.45) is -0.867. The fourth-order valence-electron chi connectivity index (χ4n) is 4.00. The lowest BCUT2D eigenvalue weighted by atomic mass is 10.1. The molecule has 0 aliphatic rings. The van der Waals surface area contributed by atoms with E-state index in [1.165, 1.54) is 11.0 Å². The van der Waals surface area contributed by atoms with E-state index in [1.54, 1.807) is 32.2 Å². The Labute approximate surface area is 204 Å². The fourth-order valence-corrected chi connectivity index (χ4v) is 4.62. The molecule has 0 spiro atoms. The molecule has 4 aromatic rings. The minimum absolute atomic E-state index is 0.0681. The van der Waals surface area contributed by atoms with Crippen molar-refractivity contribution in [2.75, 3.05) is 24.1 Å². The lowest BCUT2D eigenvalue weighted by Gasteiger charge is -2.22. The van der Waals surface area contributed by atoms with Crippen LogP contribution in [0.4, 0.5) is 5.69 Å². The smallest absolute Gasteiger partial charge is 0.255 e. The SMILES string of the molecule is CCS(=O)(=O)Nc1cc(C(=O)N(C)C[C@H](O)c2ccccc2)c2c(c1)nc(-c1ccccc1)n2C. The highest BCUT2D eigenvalue weighted by molar-refractivity contribution is 7.92. The zero-order valence-electron chi connectivity index (χ0n) is 19.8. The number of fused-ring (bicyclic) bond motifs is 1. The molecule has 4 rings (SSSR count). The molecule has 0 saturated heterocycles. The number of amides is 1. The van der Waals surface area contributed by atoms with Gasteiger partial charge >= 0.3 is 0 Å². The second-order valence-corrected chi connectivity index (χ2v) is 10.4. The molecular formula is C26H28N4O4S. The molecule has 9 heteroatoms. The number of aryl methyl sites for hydroxylation is 1. The summed E-state index contributed by atoms with van der Waals surface area (Å²) in [4.78, 5) is 19.8. The maximum atomic E-state index is 13.6. The Morgan fingerprint density at radius 3 is 2.34 bits per heavy atom. The number of likely N-dealkylation sites (N-methyl/N-ethyl adjacent to an activating group) is 1. The lowest BCUT2D eigenvalue weighted by molar-refractivity contribution is 0.0682. The first-order valence-corrected chi connectivity index (χ1v) is 12.9. The van der Waals surface area contributed by atoms with Crippen molar-refractivity contribution in [1.82, 2.24) is 14.5 Å². The largest absolute Gasteiger partial charge is 0.387 e. The number of aliphatic hydroxyl groups is 1. The van der Waals surface area contributed by atoms with Crippen LogP contribution in [0.15, 0.2) is 72.8 Å². The zero-order chi connectivity index (χ0) is 25.2. The predicted octanol–water partition coefficient (Wildman–Crippen LogP) is 3.81. The van der Waals surface area contributed by atoms with E-state index in [4.69, 9.17) is 4.98 Å². The second-order valence-electron chi connectivity index (χ2n) is 8.37. The normalized spacial score (nSPS) is 12.5. The third-order valence-electron chi connectivity index (χ3n) is 5.86. The molecule has 0 radical (unpaired) electrons. The number of carbonyl (C=O) groups is 1. The highest BCUT2D eigenvalue weighted by atomic mass is 32.2. The van der Waals surface area contributed by atoms with E-state index in [2.05, 4.69) is 4.72 Å². The number of aromatic nitrogens is 2. The van der Waals surface area contributed by atoms with Gasteiger partial charge in [0, 0.05) is 19.7 Å². The molecule has 182 valence electrons. The summed E-state index contributed by atoms with van der Waals surface area (Å²) in [6, 6.07) is 21.8.